The molecule has 4 heteroatoms. The van der Waals surface area contributed by atoms with Crippen molar-refractivity contribution < 1.29 is 20.4 Å². The molecule has 0 aromatic rings. The van der Waals surface area contributed by atoms with Crippen molar-refractivity contribution in [2.45, 2.75) is 60.9 Å². The lowest BCUT2D eigenvalue weighted by Gasteiger charge is -2.45. The van der Waals surface area contributed by atoms with Gasteiger partial charge in [0, 0.05) is 25.7 Å². The third-order valence-electron chi connectivity index (χ3n) is 5.61. The highest BCUT2D eigenvalue weighted by atomic mass is 16.3. The smallest absolute Gasteiger partial charge is 0.0735 e. The number of hydrogen-bond donors (Lipinski definition) is 4. The van der Waals surface area contributed by atoms with Gasteiger partial charge in [0.25, 0.3) is 0 Å². The van der Waals surface area contributed by atoms with Gasteiger partial charge >= 0.3 is 0 Å². The molecule has 0 aromatic heterocycles. The lowest BCUT2D eigenvalue weighted by Crippen LogP contribution is -2.50. The molecule has 4 aliphatic carbocycles. The predicted molar refractivity (Wildman–Crippen MR) is 54.5 cm³/mol. The third-order valence-corrected chi connectivity index (χ3v) is 5.61. The summed E-state index contributed by atoms with van der Waals surface area (Å²) in [5.74, 6) is -0.0574. The van der Waals surface area contributed by atoms with E-state index in [9.17, 15) is 20.4 Å². The monoisotopic (exact) mass is 226 g/mol. The first-order chi connectivity index (χ1) is 7.26. The fourth-order valence-electron chi connectivity index (χ4n) is 5.57. The van der Waals surface area contributed by atoms with Gasteiger partial charge < -0.3 is 20.4 Å². The van der Waals surface area contributed by atoms with Crippen LogP contribution >= 0.6 is 0 Å². The van der Waals surface area contributed by atoms with Crippen LogP contribution in [0.1, 0.15) is 38.5 Å². The van der Waals surface area contributed by atoms with Gasteiger partial charge in [0.15, 0.2) is 0 Å². The number of fused-ring (bicyclic) bond motifs is 2. The molecule has 4 saturated carbocycles. The Morgan fingerprint density at radius 3 is 1.25 bits per heavy atom. The molecule has 0 aliphatic heterocycles. The van der Waals surface area contributed by atoms with Gasteiger partial charge in [-0.15, -0.1) is 0 Å². The van der Waals surface area contributed by atoms with Crippen LogP contribution in [0.25, 0.3) is 0 Å². The molecule has 16 heavy (non-hydrogen) atoms. The van der Waals surface area contributed by atoms with Crippen LogP contribution < -0.4 is 0 Å². The Morgan fingerprint density at radius 1 is 0.625 bits per heavy atom. The topological polar surface area (TPSA) is 80.9 Å². The number of hydrogen-bond acceptors (Lipinski definition) is 4. The lowest BCUT2D eigenvalue weighted by atomic mass is 9.65. The van der Waals surface area contributed by atoms with Crippen LogP contribution in [0.4, 0.5) is 0 Å². The zero-order chi connectivity index (χ0) is 11.4. The molecule has 4 nitrogen and oxygen atoms in total. The van der Waals surface area contributed by atoms with Crippen molar-refractivity contribution in [3.05, 3.63) is 0 Å². The number of rotatable bonds is 0. The summed E-state index contributed by atoms with van der Waals surface area (Å²) in [5, 5.41) is 42.0. The van der Waals surface area contributed by atoms with Gasteiger partial charge in [0.05, 0.1) is 22.4 Å². The van der Waals surface area contributed by atoms with Crippen LogP contribution in [0.2, 0.25) is 0 Å². The van der Waals surface area contributed by atoms with E-state index in [0.29, 0.717) is 38.5 Å². The Labute approximate surface area is 93.9 Å². The molecule has 0 radical (unpaired) electrons. The quantitative estimate of drug-likeness (QED) is 0.450. The van der Waals surface area contributed by atoms with Gasteiger partial charge in [-0.3, -0.25) is 0 Å². The Kier molecular flexibility index (Phi) is 1.36. The Morgan fingerprint density at radius 2 is 0.938 bits per heavy atom. The van der Waals surface area contributed by atoms with Crippen LogP contribution in [-0.4, -0.2) is 42.8 Å². The SMILES string of the molecule is OC12CC3C4CC(O)(CC3(O)C1)CC4(O)C2. The zero-order valence-corrected chi connectivity index (χ0v) is 9.19. The van der Waals surface area contributed by atoms with Crippen molar-refractivity contribution in [1.29, 1.82) is 0 Å². The van der Waals surface area contributed by atoms with Crippen LogP contribution in [0.15, 0.2) is 0 Å². The lowest BCUT2D eigenvalue weighted by molar-refractivity contribution is -0.124. The van der Waals surface area contributed by atoms with Crippen molar-refractivity contribution >= 4 is 0 Å². The minimum atomic E-state index is -0.951. The second-order valence-corrected chi connectivity index (χ2v) is 6.98. The molecule has 4 N–H and O–H groups in total. The minimum Gasteiger partial charge on any atom is -0.390 e. The van der Waals surface area contributed by atoms with E-state index in [4.69, 9.17) is 0 Å². The summed E-state index contributed by atoms with van der Waals surface area (Å²) in [7, 11) is 0. The molecule has 4 aliphatic rings. The molecule has 0 amide bonds. The van der Waals surface area contributed by atoms with Crippen molar-refractivity contribution in [2.24, 2.45) is 11.8 Å². The maximum Gasteiger partial charge on any atom is 0.0735 e. The molecule has 90 valence electrons. The molecular formula is C12H18O4. The number of aliphatic hydroxyl groups is 4. The van der Waals surface area contributed by atoms with E-state index in [-0.39, 0.29) is 11.8 Å². The average molecular weight is 226 g/mol. The van der Waals surface area contributed by atoms with Gasteiger partial charge in [0.2, 0.25) is 0 Å². The van der Waals surface area contributed by atoms with Crippen LogP contribution in [0.3, 0.4) is 0 Å². The van der Waals surface area contributed by atoms with Crippen LogP contribution in [0, 0.1) is 11.8 Å². The highest BCUT2D eigenvalue weighted by molar-refractivity contribution is 5.26. The molecule has 0 heterocycles. The summed E-state index contributed by atoms with van der Waals surface area (Å²) in [6.07, 6.45) is 2.48. The largest absolute Gasteiger partial charge is 0.390 e. The Bertz CT molecular complexity index is 349. The van der Waals surface area contributed by atoms with E-state index in [2.05, 4.69) is 0 Å². The van der Waals surface area contributed by atoms with Crippen molar-refractivity contribution in [2.75, 3.05) is 0 Å². The first-order valence-electron chi connectivity index (χ1n) is 6.16. The molecule has 4 rings (SSSR count). The highest BCUT2D eigenvalue weighted by Crippen LogP contribution is 2.69. The first kappa shape index (κ1) is 9.83. The molecule has 2 atom stereocenters. The van der Waals surface area contributed by atoms with E-state index in [1.165, 1.54) is 0 Å². The van der Waals surface area contributed by atoms with Gasteiger partial charge in [-0.1, -0.05) is 0 Å². The summed E-state index contributed by atoms with van der Waals surface area (Å²) in [5.41, 5.74) is -3.71. The predicted octanol–water partition coefficient (Wildman–Crippen LogP) is -0.462. The Hall–Kier alpha value is -0.160. The van der Waals surface area contributed by atoms with E-state index in [0.717, 1.165) is 0 Å². The van der Waals surface area contributed by atoms with E-state index in [1.54, 1.807) is 0 Å². The molecule has 2 unspecified atom stereocenters. The second kappa shape index (κ2) is 2.21. The molecule has 4 bridgehead atoms. The third kappa shape index (κ3) is 0.919. The molecule has 0 saturated heterocycles. The summed E-state index contributed by atoms with van der Waals surface area (Å²) in [6, 6.07) is 0. The van der Waals surface area contributed by atoms with Gasteiger partial charge in [0.1, 0.15) is 0 Å². The van der Waals surface area contributed by atoms with E-state index < -0.39 is 22.4 Å². The molecular weight excluding hydrogens is 208 g/mol. The Balaban J connectivity index is 1.91. The van der Waals surface area contributed by atoms with E-state index in [1.807, 2.05) is 0 Å². The molecule has 4 fully saturated rings. The van der Waals surface area contributed by atoms with Gasteiger partial charge in [-0.05, 0) is 24.7 Å². The standard InChI is InChI=1S/C12H18O4/c13-9-1-7-8-2-10(14,4-12(8,16)5-9)6-11(7,15)3-9/h7-8,13-16H,1-6H2. The summed E-state index contributed by atoms with van der Waals surface area (Å²) < 4.78 is 0. The normalized spacial score (nSPS) is 71.2. The van der Waals surface area contributed by atoms with Crippen LogP contribution in [-0.2, 0) is 0 Å². The van der Waals surface area contributed by atoms with Crippen molar-refractivity contribution in [1.82, 2.24) is 0 Å². The maximum atomic E-state index is 10.6. The molecule has 0 aromatic carbocycles. The maximum absolute atomic E-state index is 10.6. The highest BCUT2D eigenvalue weighted by Gasteiger charge is 2.74. The van der Waals surface area contributed by atoms with Crippen molar-refractivity contribution in [3.63, 3.8) is 0 Å². The summed E-state index contributed by atoms with van der Waals surface area (Å²) in [6.45, 7) is 0. The fourth-order valence-corrected chi connectivity index (χ4v) is 5.57. The zero-order valence-electron chi connectivity index (χ0n) is 9.19. The average Bonchev–Trinajstić information content (AvgIpc) is 2.40. The van der Waals surface area contributed by atoms with Gasteiger partial charge in [-0.2, -0.15) is 0 Å². The van der Waals surface area contributed by atoms with E-state index >= 15 is 0 Å². The molecule has 0 spiro atoms. The van der Waals surface area contributed by atoms with Gasteiger partial charge in [-0.25, -0.2) is 0 Å². The van der Waals surface area contributed by atoms with Crippen LogP contribution in [0.5, 0.6) is 0 Å². The van der Waals surface area contributed by atoms with Crippen molar-refractivity contribution in [3.8, 4) is 0 Å². The minimum absolute atomic E-state index is 0.0287. The fraction of sp³-hybridized carbons (Fsp3) is 1.00. The summed E-state index contributed by atoms with van der Waals surface area (Å²) >= 11 is 0. The second-order valence-electron chi connectivity index (χ2n) is 6.98. The first-order valence-corrected chi connectivity index (χ1v) is 6.16. The summed E-state index contributed by atoms with van der Waals surface area (Å²) in [4.78, 5) is 0.